The van der Waals surface area contributed by atoms with Gasteiger partial charge in [-0.3, -0.25) is 0 Å². The van der Waals surface area contributed by atoms with Gasteiger partial charge < -0.3 is 15.2 Å². The molecule has 1 aliphatic rings. The summed E-state index contributed by atoms with van der Waals surface area (Å²) in [5.74, 6) is 0.333. The van der Waals surface area contributed by atoms with Crippen molar-refractivity contribution in [3.8, 4) is 5.75 Å². The summed E-state index contributed by atoms with van der Waals surface area (Å²) in [4.78, 5) is 0. The average molecular weight is 221 g/mol. The molecule has 0 saturated carbocycles. The normalized spacial score (nSPS) is 25.6. The van der Waals surface area contributed by atoms with Gasteiger partial charge in [0.15, 0.2) is 0 Å². The molecule has 3 heteroatoms. The van der Waals surface area contributed by atoms with Gasteiger partial charge in [0.2, 0.25) is 0 Å². The molecule has 2 N–H and O–H groups in total. The lowest BCUT2D eigenvalue weighted by molar-refractivity contribution is 0.0130. The molecule has 1 heterocycles. The van der Waals surface area contributed by atoms with Crippen molar-refractivity contribution in [1.29, 1.82) is 0 Å². The summed E-state index contributed by atoms with van der Waals surface area (Å²) in [5, 5.41) is 12.8. The number of phenols is 1. The van der Waals surface area contributed by atoms with E-state index in [0.29, 0.717) is 17.9 Å². The second-order valence-corrected chi connectivity index (χ2v) is 4.45. The lowest BCUT2D eigenvalue weighted by Crippen LogP contribution is -2.37. The topological polar surface area (TPSA) is 41.5 Å². The number of benzene rings is 1. The molecule has 1 saturated heterocycles. The molecule has 0 bridgehead atoms. The Morgan fingerprint density at radius 3 is 3.12 bits per heavy atom. The molecule has 0 aliphatic carbocycles. The summed E-state index contributed by atoms with van der Waals surface area (Å²) < 4.78 is 5.50. The number of ether oxygens (including phenoxy) is 1. The van der Waals surface area contributed by atoms with Gasteiger partial charge in [-0.1, -0.05) is 12.1 Å². The van der Waals surface area contributed by atoms with E-state index in [1.165, 1.54) is 0 Å². The Morgan fingerprint density at radius 2 is 2.38 bits per heavy atom. The van der Waals surface area contributed by atoms with Crippen LogP contribution in [0.4, 0.5) is 0 Å². The van der Waals surface area contributed by atoms with E-state index in [-0.39, 0.29) is 0 Å². The molecule has 1 aliphatic heterocycles. The van der Waals surface area contributed by atoms with Gasteiger partial charge in [0.25, 0.3) is 0 Å². The van der Waals surface area contributed by atoms with Crippen molar-refractivity contribution < 1.29 is 9.84 Å². The number of aromatic hydroxyl groups is 1. The number of hydrogen-bond acceptors (Lipinski definition) is 3. The van der Waals surface area contributed by atoms with E-state index < -0.39 is 0 Å². The van der Waals surface area contributed by atoms with Crippen LogP contribution in [0.15, 0.2) is 24.3 Å². The Labute approximate surface area is 96.4 Å². The summed E-state index contributed by atoms with van der Waals surface area (Å²) >= 11 is 0. The zero-order valence-corrected chi connectivity index (χ0v) is 9.65. The maximum atomic E-state index is 9.34. The summed E-state index contributed by atoms with van der Waals surface area (Å²) in [5.41, 5.74) is 1.12. The highest BCUT2D eigenvalue weighted by Crippen LogP contribution is 2.15. The first kappa shape index (κ1) is 11.4. The largest absolute Gasteiger partial charge is 0.508 e. The van der Waals surface area contributed by atoms with Crippen molar-refractivity contribution in [3.63, 3.8) is 0 Å². The molecule has 0 aromatic heterocycles. The van der Waals surface area contributed by atoms with E-state index in [2.05, 4.69) is 12.2 Å². The van der Waals surface area contributed by atoms with Crippen LogP contribution in [-0.2, 0) is 11.3 Å². The van der Waals surface area contributed by atoms with Crippen molar-refractivity contribution in [2.75, 3.05) is 6.61 Å². The first-order valence-electron chi connectivity index (χ1n) is 5.87. The molecule has 1 aromatic carbocycles. The predicted octanol–water partition coefficient (Wildman–Crippen LogP) is 2.05. The van der Waals surface area contributed by atoms with Gasteiger partial charge in [0.1, 0.15) is 5.75 Å². The summed E-state index contributed by atoms with van der Waals surface area (Å²) in [6, 6.07) is 7.93. The zero-order chi connectivity index (χ0) is 11.4. The highest BCUT2D eigenvalue weighted by molar-refractivity contribution is 5.26. The van der Waals surface area contributed by atoms with Crippen molar-refractivity contribution in [2.45, 2.75) is 38.5 Å². The second kappa shape index (κ2) is 5.32. The maximum Gasteiger partial charge on any atom is 0.115 e. The molecule has 88 valence electrons. The predicted molar refractivity (Wildman–Crippen MR) is 63.4 cm³/mol. The van der Waals surface area contributed by atoms with Gasteiger partial charge >= 0.3 is 0 Å². The lowest BCUT2D eigenvalue weighted by atomic mass is 10.0. The minimum atomic E-state index is 0.333. The minimum Gasteiger partial charge on any atom is -0.508 e. The summed E-state index contributed by atoms with van der Waals surface area (Å²) in [6.45, 7) is 3.77. The second-order valence-electron chi connectivity index (χ2n) is 4.45. The van der Waals surface area contributed by atoms with Crippen molar-refractivity contribution >= 4 is 0 Å². The van der Waals surface area contributed by atoms with Crippen LogP contribution in [0, 0.1) is 0 Å². The van der Waals surface area contributed by atoms with E-state index in [0.717, 1.165) is 31.6 Å². The fourth-order valence-corrected chi connectivity index (χ4v) is 2.11. The highest BCUT2D eigenvalue weighted by Gasteiger charge is 2.18. The molecule has 1 fully saturated rings. The Bertz CT molecular complexity index is 340. The molecule has 0 radical (unpaired) electrons. The minimum absolute atomic E-state index is 0.333. The molecular weight excluding hydrogens is 202 g/mol. The Balaban J connectivity index is 1.82. The van der Waals surface area contributed by atoms with Crippen LogP contribution in [0.1, 0.15) is 25.3 Å². The molecular formula is C13H19NO2. The number of nitrogens with one attached hydrogen (secondary N) is 1. The van der Waals surface area contributed by atoms with Crippen LogP contribution in [0.3, 0.4) is 0 Å². The molecule has 1 aromatic rings. The molecule has 2 atom stereocenters. The average Bonchev–Trinajstić information content (AvgIpc) is 2.27. The quantitative estimate of drug-likeness (QED) is 0.820. The van der Waals surface area contributed by atoms with Crippen molar-refractivity contribution in [3.05, 3.63) is 29.8 Å². The van der Waals surface area contributed by atoms with Crippen molar-refractivity contribution in [2.24, 2.45) is 0 Å². The fourth-order valence-electron chi connectivity index (χ4n) is 2.11. The van der Waals surface area contributed by atoms with E-state index in [1.54, 1.807) is 12.1 Å². The Hall–Kier alpha value is -1.06. The van der Waals surface area contributed by atoms with Crippen LogP contribution in [0.2, 0.25) is 0 Å². The van der Waals surface area contributed by atoms with Crippen LogP contribution in [0.25, 0.3) is 0 Å². The standard InChI is InChI=1S/C13H19NO2/c1-10-7-12(5-6-16-10)14-9-11-3-2-4-13(15)8-11/h2-4,8,10,12,14-15H,5-7,9H2,1H3. The van der Waals surface area contributed by atoms with E-state index in [9.17, 15) is 5.11 Å². The van der Waals surface area contributed by atoms with Crippen LogP contribution in [0.5, 0.6) is 5.75 Å². The first-order chi connectivity index (χ1) is 7.74. The lowest BCUT2D eigenvalue weighted by Gasteiger charge is -2.28. The smallest absolute Gasteiger partial charge is 0.115 e. The van der Waals surface area contributed by atoms with Gasteiger partial charge in [0.05, 0.1) is 6.10 Å². The summed E-state index contributed by atoms with van der Waals surface area (Å²) in [6.07, 6.45) is 2.50. The maximum absolute atomic E-state index is 9.34. The first-order valence-corrected chi connectivity index (χ1v) is 5.87. The fraction of sp³-hybridized carbons (Fsp3) is 0.538. The van der Waals surface area contributed by atoms with E-state index >= 15 is 0 Å². The Morgan fingerprint density at radius 1 is 1.50 bits per heavy atom. The third kappa shape index (κ3) is 3.22. The van der Waals surface area contributed by atoms with Crippen LogP contribution < -0.4 is 5.32 Å². The monoisotopic (exact) mass is 221 g/mol. The zero-order valence-electron chi connectivity index (χ0n) is 9.65. The van der Waals surface area contributed by atoms with Gasteiger partial charge in [0, 0.05) is 19.2 Å². The van der Waals surface area contributed by atoms with Gasteiger partial charge in [-0.25, -0.2) is 0 Å². The van der Waals surface area contributed by atoms with Gasteiger partial charge in [-0.15, -0.1) is 0 Å². The molecule has 2 unspecified atom stereocenters. The Kier molecular flexibility index (Phi) is 3.80. The SMILES string of the molecule is CC1CC(NCc2cccc(O)c2)CCO1. The highest BCUT2D eigenvalue weighted by atomic mass is 16.5. The van der Waals surface area contributed by atoms with Gasteiger partial charge in [-0.05, 0) is 37.5 Å². The molecule has 3 nitrogen and oxygen atoms in total. The van der Waals surface area contributed by atoms with Crippen molar-refractivity contribution in [1.82, 2.24) is 5.32 Å². The third-order valence-electron chi connectivity index (χ3n) is 2.99. The van der Waals surface area contributed by atoms with Crippen LogP contribution in [-0.4, -0.2) is 23.9 Å². The molecule has 0 amide bonds. The molecule has 2 rings (SSSR count). The third-order valence-corrected chi connectivity index (χ3v) is 2.99. The van der Waals surface area contributed by atoms with Crippen LogP contribution >= 0.6 is 0 Å². The molecule has 16 heavy (non-hydrogen) atoms. The van der Waals surface area contributed by atoms with Gasteiger partial charge in [-0.2, -0.15) is 0 Å². The van der Waals surface area contributed by atoms with E-state index in [4.69, 9.17) is 4.74 Å². The number of phenolic OH excluding ortho intramolecular Hbond substituents is 1. The number of hydrogen-bond donors (Lipinski definition) is 2. The number of rotatable bonds is 3. The summed E-state index contributed by atoms with van der Waals surface area (Å²) in [7, 11) is 0. The van der Waals surface area contributed by atoms with E-state index in [1.807, 2.05) is 12.1 Å². The molecule has 0 spiro atoms.